The number of aromatic nitrogens is 1. The molecule has 0 atom stereocenters. The quantitative estimate of drug-likeness (QED) is 0.905. The van der Waals surface area contributed by atoms with Crippen molar-refractivity contribution < 1.29 is 13.2 Å². The van der Waals surface area contributed by atoms with Gasteiger partial charge in [-0.1, -0.05) is 17.7 Å². The molecule has 0 spiro atoms. The van der Waals surface area contributed by atoms with Gasteiger partial charge in [0.1, 0.15) is 0 Å². The molecular weight excluding hydrogens is 338 g/mol. The largest absolute Gasteiger partial charge is 0.339 e. The van der Waals surface area contributed by atoms with E-state index in [1.54, 1.807) is 53.7 Å². The Balaban J connectivity index is 1.59. The van der Waals surface area contributed by atoms with Crippen LogP contribution in [0, 0.1) is 6.92 Å². The van der Waals surface area contributed by atoms with Crippen LogP contribution in [0.1, 0.15) is 28.8 Å². The Morgan fingerprint density at radius 2 is 1.68 bits per heavy atom. The first-order valence-corrected chi connectivity index (χ1v) is 9.72. The van der Waals surface area contributed by atoms with Crippen molar-refractivity contribution in [3.8, 4) is 0 Å². The average molecular weight is 359 g/mol. The number of rotatable bonds is 4. The molecule has 0 saturated carbocycles. The molecule has 0 aliphatic carbocycles. The lowest BCUT2D eigenvalue weighted by molar-refractivity contribution is 0.0711. The highest BCUT2D eigenvalue weighted by atomic mass is 32.2. The van der Waals surface area contributed by atoms with Crippen LogP contribution in [0.25, 0.3) is 0 Å². The topological polar surface area (TPSA) is 79.4 Å². The fraction of sp³-hybridized carbons (Fsp3) is 0.333. The summed E-state index contributed by atoms with van der Waals surface area (Å²) < 4.78 is 27.7. The summed E-state index contributed by atoms with van der Waals surface area (Å²) in [7, 11) is -3.53. The maximum absolute atomic E-state index is 12.4. The van der Waals surface area contributed by atoms with Crippen LogP contribution in [0.5, 0.6) is 0 Å². The van der Waals surface area contributed by atoms with Gasteiger partial charge in [0, 0.05) is 37.1 Å². The first-order chi connectivity index (χ1) is 12.0. The molecule has 1 aliphatic rings. The van der Waals surface area contributed by atoms with E-state index in [9.17, 15) is 13.2 Å². The number of piperidine rings is 1. The van der Waals surface area contributed by atoms with E-state index in [0.29, 0.717) is 31.5 Å². The minimum atomic E-state index is -3.53. The number of sulfonamides is 1. The third-order valence-corrected chi connectivity index (χ3v) is 5.90. The molecule has 1 N–H and O–H groups in total. The molecule has 25 heavy (non-hydrogen) atoms. The zero-order chi connectivity index (χ0) is 17.9. The van der Waals surface area contributed by atoms with Gasteiger partial charge in [-0.05, 0) is 44.0 Å². The molecule has 0 bridgehead atoms. The molecule has 1 saturated heterocycles. The van der Waals surface area contributed by atoms with Crippen molar-refractivity contribution in [1.29, 1.82) is 0 Å². The van der Waals surface area contributed by atoms with Crippen molar-refractivity contribution >= 4 is 15.9 Å². The summed E-state index contributed by atoms with van der Waals surface area (Å²) in [5, 5.41) is 0. The third-order valence-electron chi connectivity index (χ3n) is 4.36. The van der Waals surface area contributed by atoms with E-state index < -0.39 is 10.0 Å². The molecule has 1 fully saturated rings. The number of likely N-dealkylation sites (tertiary alicyclic amines) is 1. The Bertz CT molecular complexity index is 828. The van der Waals surface area contributed by atoms with Gasteiger partial charge in [0.2, 0.25) is 10.0 Å². The van der Waals surface area contributed by atoms with Crippen molar-refractivity contribution in [3.63, 3.8) is 0 Å². The number of carbonyl (C=O) groups is 1. The number of nitrogens with one attached hydrogen (secondary N) is 1. The molecule has 132 valence electrons. The van der Waals surface area contributed by atoms with Crippen LogP contribution in [-0.4, -0.2) is 43.3 Å². The lowest BCUT2D eigenvalue weighted by Gasteiger charge is -2.32. The van der Waals surface area contributed by atoms with Crippen LogP contribution in [0.2, 0.25) is 0 Å². The number of hydrogen-bond acceptors (Lipinski definition) is 4. The van der Waals surface area contributed by atoms with Gasteiger partial charge in [-0.2, -0.15) is 0 Å². The van der Waals surface area contributed by atoms with Gasteiger partial charge in [0.15, 0.2) is 0 Å². The molecule has 1 aromatic heterocycles. The number of amides is 1. The van der Waals surface area contributed by atoms with Crippen molar-refractivity contribution in [2.45, 2.75) is 30.7 Å². The second kappa shape index (κ2) is 7.33. The molecule has 2 heterocycles. The first kappa shape index (κ1) is 17.6. The van der Waals surface area contributed by atoms with E-state index in [2.05, 4.69) is 9.71 Å². The van der Waals surface area contributed by atoms with Crippen molar-refractivity contribution in [2.75, 3.05) is 13.1 Å². The van der Waals surface area contributed by atoms with Crippen molar-refractivity contribution in [2.24, 2.45) is 0 Å². The monoisotopic (exact) mass is 359 g/mol. The standard InChI is InChI=1S/C18H21N3O3S/c1-14-2-4-17(5-3-14)25(23,24)20-16-8-12-21(13-9-16)18(22)15-6-10-19-11-7-15/h2-7,10-11,16,20H,8-9,12-13H2,1H3. The van der Waals surface area contributed by atoms with Crippen LogP contribution in [-0.2, 0) is 10.0 Å². The Morgan fingerprint density at radius 1 is 1.08 bits per heavy atom. The molecule has 0 radical (unpaired) electrons. The Morgan fingerprint density at radius 3 is 2.28 bits per heavy atom. The number of carbonyl (C=O) groups excluding carboxylic acids is 1. The van der Waals surface area contributed by atoms with Crippen molar-refractivity contribution in [3.05, 3.63) is 59.9 Å². The van der Waals surface area contributed by atoms with Gasteiger partial charge in [-0.15, -0.1) is 0 Å². The molecule has 6 nitrogen and oxygen atoms in total. The lowest BCUT2D eigenvalue weighted by Crippen LogP contribution is -2.46. The molecule has 1 aromatic carbocycles. The van der Waals surface area contributed by atoms with E-state index in [4.69, 9.17) is 0 Å². The van der Waals surface area contributed by atoms with Gasteiger partial charge >= 0.3 is 0 Å². The summed E-state index contributed by atoms with van der Waals surface area (Å²) in [6.07, 6.45) is 4.38. The average Bonchev–Trinajstić information content (AvgIpc) is 2.62. The minimum Gasteiger partial charge on any atom is -0.339 e. The van der Waals surface area contributed by atoms with E-state index in [1.807, 2.05) is 6.92 Å². The first-order valence-electron chi connectivity index (χ1n) is 8.24. The Hall–Kier alpha value is -2.25. The summed E-state index contributed by atoms with van der Waals surface area (Å²) in [6, 6.07) is 10.0. The second-order valence-corrected chi connectivity index (χ2v) is 7.95. The molecule has 7 heteroatoms. The minimum absolute atomic E-state index is 0.0396. The zero-order valence-corrected chi connectivity index (χ0v) is 14.9. The summed E-state index contributed by atoms with van der Waals surface area (Å²) in [5.41, 5.74) is 1.62. The highest BCUT2D eigenvalue weighted by molar-refractivity contribution is 7.89. The molecule has 3 rings (SSSR count). The summed E-state index contributed by atoms with van der Waals surface area (Å²) in [5.74, 6) is -0.0396. The maximum atomic E-state index is 12.4. The summed E-state index contributed by atoms with van der Waals surface area (Å²) in [6.45, 7) is 2.98. The number of aryl methyl sites for hydroxylation is 1. The maximum Gasteiger partial charge on any atom is 0.253 e. The van der Waals surface area contributed by atoms with Crippen LogP contribution in [0.4, 0.5) is 0 Å². The number of nitrogens with zero attached hydrogens (tertiary/aromatic N) is 2. The highest BCUT2D eigenvalue weighted by Crippen LogP contribution is 2.17. The van der Waals surface area contributed by atoms with Gasteiger partial charge < -0.3 is 4.90 Å². The predicted octanol–water partition coefficient (Wildman–Crippen LogP) is 1.97. The summed E-state index contributed by atoms with van der Waals surface area (Å²) >= 11 is 0. The third kappa shape index (κ3) is 4.24. The molecule has 2 aromatic rings. The Labute approximate surface area is 147 Å². The lowest BCUT2D eigenvalue weighted by atomic mass is 10.1. The number of benzene rings is 1. The van der Waals surface area contributed by atoms with Gasteiger partial charge in [-0.25, -0.2) is 13.1 Å². The van der Waals surface area contributed by atoms with Gasteiger partial charge in [0.25, 0.3) is 5.91 Å². The van der Waals surface area contributed by atoms with E-state index in [0.717, 1.165) is 5.56 Å². The van der Waals surface area contributed by atoms with Crippen LogP contribution >= 0.6 is 0 Å². The van der Waals surface area contributed by atoms with Gasteiger partial charge in [0.05, 0.1) is 4.90 Å². The highest BCUT2D eigenvalue weighted by Gasteiger charge is 2.27. The predicted molar refractivity (Wildman–Crippen MR) is 94.7 cm³/mol. The molecule has 1 aliphatic heterocycles. The normalized spacial score (nSPS) is 16.0. The fourth-order valence-electron chi connectivity index (χ4n) is 2.88. The summed E-state index contributed by atoms with van der Waals surface area (Å²) in [4.78, 5) is 18.3. The van der Waals surface area contributed by atoms with Crippen LogP contribution in [0.15, 0.2) is 53.7 Å². The zero-order valence-electron chi connectivity index (χ0n) is 14.1. The molecular formula is C18H21N3O3S. The van der Waals surface area contributed by atoms with E-state index in [1.165, 1.54) is 0 Å². The van der Waals surface area contributed by atoms with E-state index in [-0.39, 0.29) is 16.8 Å². The number of hydrogen-bond donors (Lipinski definition) is 1. The van der Waals surface area contributed by atoms with Crippen molar-refractivity contribution in [1.82, 2.24) is 14.6 Å². The molecule has 1 amide bonds. The van der Waals surface area contributed by atoms with Crippen LogP contribution < -0.4 is 4.72 Å². The van der Waals surface area contributed by atoms with E-state index >= 15 is 0 Å². The van der Waals surface area contributed by atoms with Gasteiger partial charge in [-0.3, -0.25) is 9.78 Å². The fourth-order valence-corrected chi connectivity index (χ4v) is 4.19. The van der Waals surface area contributed by atoms with Crippen LogP contribution in [0.3, 0.4) is 0 Å². The second-order valence-electron chi connectivity index (χ2n) is 6.24. The number of pyridine rings is 1. The Kier molecular flexibility index (Phi) is 5.15. The SMILES string of the molecule is Cc1ccc(S(=O)(=O)NC2CCN(C(=O)c3ccncc3)CC2)cc1. The molecule has 0 unspecified atom stereocenters. The smallest absolute Gasteiger partial charge is 0.253 e.